The molecule has 0 radical (unpaired) electrons. The minimum absolute atomic E-state index is 0.905. The maximum Gasteiger partial charge on any atom is 0.0702 e. The van der Waals surface area contributed by atoms with Gasteiger partial charge in [-0.25, -0.2) is 0 Å². The normalized spacial score (nSPS) is 11.5. The topological polar surface area (TPSA) is 48.5 Å². The highest BCUT2D eigenvalue weighted by Gasteiger charge is 2.25. The molecule has 0 unspecified atom stereocenters. The van der Waals surface area contributed by atoms with Crippen LogP contribution in [-0.2, 0) is 0 Å². The van der Waals surface area contributed by atoms with Crippen molar-refractivity contribution in [2.75, 3.05) is 0 Å². The van der Waals surface area contributed by atoms with Crippen LogP contribution in [0.4, 0.5) is 0 Å². The van der Waals surface area contributed by atoms with E-state index in [0.29, 0.717) is 0 Å². The molecule has 486 valence electrons. The lowest BCUT2D eigenvalue weighted by atomic mass is 9.84. The molecule has 0 amide bonds. The third-order valence-corrected chi connectivity index (χ3v) is 20.5. The van der Waals surface area contributed by atoms with Gasteiger partial charge in [0.05, 0.1) is 50.5 Å². The van der Waals surface area contributed by atoms with E-state index in [0.717, 1.165) is 145 Å². The second-order valence-corrected chi connectivity index (χ2v) is 26.6. The van der Waals surface area contributed by atoms with Crippen LogP contribution in [0.15, 0.2) is 395 Å². The van der Waals surface area contributed by atoms with Gasteiger partial charge in [0.2, 0.25) is 0 Å². The molecule has 19 aromatic rings. The molecule has 0 N–H and O–H groups in total. The van der Waals surface area contributed by atoms with Crippen molar-refractivity contribution in [1.29, 1.82) is 0 Å². The molecule has 0 fully saturated rings. The first-order chi connectivity index (χ1) is 51.6. The zero-order chi connectivity index (χ0) is 68.9. The van der Waals surface area contributed by atoms with Gasteiger partial charge in [-0.05, 0) is 198 Å². The molecule has 0 bridgehead atoms. The van der Waals surface area contributed by atoms with Gasteiger partial charge in [0.25, 0.3) is 0 Å². The Bertz CT molecular complexity index is 6130. The summed E-state index contributed by atoms with van der Waals surface area (Å²) in [5, 5.41) is 4.74. The zero-order valence-electron chi connectivity index (χ0n) is 56.8. The second kappa shape index (κ2) is 26.3. The molecule has 104 heavy (non-hydrogen) atoms. The predicted molar refractivity (Wildman–Crippen MR) is 434 cm³/mol. The highest BCUT2D eigenvalue weighted by atomic mass is 15.0. The van der Waals surface area contributed by atoms with E-state index in [9.17, 15) is 0 Å². The van der Waals surface area contributed by atoms with E-state index in [1.807, 2.05) is 36.8 Å². The van der Waals surface area contributed by atoms with Gasteiger partial charge in [-0.1, -0.05) is 267 Å². The van der Waals surface area contributed by atoms with Crippen molar-refractivity contribution in [3.63, 3.8) is 0 Å². The van der Waals surface area contributed by atoms with Crippen LogP contribution in [0.5, 0.6) is 0 Å². The SMILES string of the molecule is c1ccc(-c2ccc3c(c2)c2ccccc2n3-c2cc(-c3ccccn3)ccc2-c2ccccc2-c2cc(-c3ccccc3-c3ccc(-c4ccccn4)cc3-c3ccccc3)cc(-c3ccccc3-c3ccc(-c4ccccn4)cc3-n3c4ccccc4c4cc(-c5ccccc5)ccc43)c2)cc1. The van der Waals surface area contributed by atoms with Crippen LogP contribution in [0.25, 0.3) is 189 Å². The molecular formula is C99H65N5. The third kappa shape index (κ3) is 11.0. The highest BCUT2D eigenvalue weighted by Crippen LogP contribution is 2.49. The Kier molecular flexibility index (Phi) is 15.5. The molecule has 14 aromatic carbocycles. The van der Waals surface area contributed by atoms with Gasteiger partial charge in [-0.2, -0.15) is 0 Å². The summed E-state index contributed by atoms with van der Waals surface area (Å²) >= 11 is 0. The van der Waals surface area contributed by atoms with E-state index in [2.05, 4.69) is 367 Å². The summed E-state index contributed by atoms with van der Waals surface area (Å²) < 4.78 is 4.96. The smallest absolute Gasteiger partial charge is 0.0702 e. The van der Waals surface area contributed by atoms with E-state index in [-0.39, 0.29) is 0 Å². The van der Waals surface area contributed by atoms with Crippen molar-refractivity contribution >= 4 is 43.6 Å². The number of para-hydroxylation sites is 2. The van der Waals surface area contributed by atoms with Gasteiger partial charge in [0.15, 0.2) is 0 Å². The first-order valence-corrected chi connectivity index (χ1v) is 35.4. The van der Waals surface area contributed by atoms with Crippen molar-refractivity contribution in [3.05, 3.63) is 395 Å². The first kappa shape index (κ1) is 61.2. The monoisotopic (exact) mass is 1320 g/mol. The molecular weight excluding hydrogens is 1260 g/mol. The average Bonchev–Trinajstić information content (AvgIpc) is 1.51. The quantitative estimate of drug-likeness (QED) is 0.109. The lowest BCUT2D eigenvalue weighted by molar-refractivity contribution is 1.18. The van der Waals surface area contributed by atoms with Gasteiger partial charge in [0, 0.05) is 68.0 Å². The predicted octanol–water partition coefficient (Wildman–Crippen LogP) is 26.1. The summed E-state index contributed by atoms with van der Waals surface area (Å²) in [5.41, 5.74) is 32.5. The van der Waals surface area contributed by atoms with E-state index < -0.39 is 0 Å². The van der Waals surface area contributed by atoms with Crippen LogP contribution in [-0.4, -0.2) is 24.1 Å². The molecule has 0 saturated heterocycles. The van der Waals surface area contributed by atoms with Crippen LogP contribution in [0, 0.1) is 0 Å². The molecule has 5 nitrogen and oxygen atoms in total. The van der Waals surface area contributed by atoms with Gasteiger partial charge < -0.3 is 9.13 Å². The van der Waals surface area contributed by atoms with Crippen LogP contribution in [0.1, 0.15) is 0 Å². The van der Waals surface area contributed by atoms with Crippen LogP contribution in [0.3, 0.4) is 0 Å². The summed E-state index contributed by atoms with van der Waals surface area (Å²) in [5.74, 6) is 0. The fraction of sp³-hybridized carbons (Fsp3) is 0. The molecule has 5 heterocycles. The van der Waals surface area contributed by atoms with Gasteiger partial charge in [-0.15, -0.1) is 0 Å². The zero-order valence-corrected chi connectivity index (χ0v) is 56.8. The second-order valence-electron chi connectivity index (χ2n) is 26.6. The number of aromatic nitrogens is 5. The molecule has 19 rings (SSSR count). The maximum absolute atomic E-state index is 4.95. The number of fused-ring (bicyclic) bond motifs is 6. The summed E-state index contributed by atoms with van der Waals surface area (Å²) in [6.45, 7) is 0. The van der Waals surface area contributed by atoms with Crippen LogP contribution >= 0.6 is 0 Å². The van der Waals surface area contributed by atoms with Gasteiger partial charge >= 0.3 is 0 Å². The molecule has 5 aromatic heterocycles. The van der Waals surface area contributed by atoms with Gasteiger partial charge in [0.1, 0.15) is 0 Å². The Morgan fingerprint density at radius 2 is 0.462 bits per heavy atom. The Labute approximate surface area is 603 Å². The fourth-order valence-corrected chi connectivity index (χ4v) is 15.7. The van der Waals surface area contributed by atoms with E-state index in [4.69, 9.17) is 15.0 Å². The molecule has 0 aliphatic carbocycles. The van der Waals surface area contributed by atoms with E-state index in [1.54, 1.807) is 0 Å². The number of rotatable bonds is 14. The minimum Gasteiger partial charge on any atom is -0.309 e. The molecule has 0 saturated carbocycles. The van der Waals surface area contributed by atoms with Crippen molar-refractivity contribution in [3.8, 4) is 145 Å². The van der Waals surface area contributed by atoms with Crippen LogP contribution in [0.2, 0.25) is 0 Å². The maximum atomic E-state index is 4.95. The Morgan fingerprint density at radius 1 is 0.154 bits per heavy atom. The largest absolute Gasteiger partial charge is 0.309 e. The van der Waals surface area contributed by atoms with Crippen LogP contribution < -0.4 is 0 Å². The minimum atomic E-state index is 0.905. The Balaban J connectivity index is 0.859. The number of hydrogen-bond acceptors (Lipinski definition) is 3. The molecule has 0 aliphatic rings. The Hall–Kier alpha value is -13.9. The van der Waals surface area contributed by atoms with E-state index in [1.165, 1.54) is 43.8 Å². The number of hydrogen-bond donors (Lipinski definition) is 0. The third-order valence-electron chi connectivity index (χ3n) is 20.5. The molecule has 0 atom stereocenters. The molecule has 5 heteroatoms. The van der Waals surface area contributed by atoms with E-state index >= 15 is 0 Å². The summed E-state index contributed by atoms with van der Waals surface area (Å²) in [4.78, 5) is 14.7. The number of pyridine rings is 3. The molecule has 0 spiro atoms. The standard InChI is InChI=1S/C99H65N5/c1-4-26-66(27-5-1)69-48-53-96-89(61-69)84-38-16-18-43-94(84)103(96)98-64-72(92-41-21-24-56-101-92)46-51-86(98)81-36-14-11-33-78(81)75-58-74(77-32-10-13-35-80(77)83-50-45-71(91-40-20-23-55-100-91)63-88(83)68-30-8-3-9-31-68)59-76(60-75)79-34-12-15-37-82(79)87-52-47-73(93-42-22-25-57-102-93)65-99(87)104-95-44-19-17-39-85(95)90-62-70(49-54-97(90)104)67-28-6-2-7-29-67/h1-65H. The Morgan fingerprint density at radius 3 is 0.865 bits per heavy atom. The van der Waals surface area contributed by atoms with Gasteiger partial charge in [-0.3, -0.25) is 15.0 Å². The van der Waals surface area contributed by atoms with Crippen molar-refractivity contribution < 1.29 is 0 Å². The highest BCUT2D eigenvalue weighted by molar-refractivity contribution is 6.13. The average molecular weight is 1320 g/mol. The first-order valence-electron chi connectivity index (χ1n) is 35.4. The lowest BCUT2D eigenvalue weighted by Gasteiger charge is -2.21. The summed E-state index contributed by atoms with van der Waals surface area (Å²) in [6.07, 6.45) is 5.64. The lowest BCUT2D eigenvalue weighted by Crippen LogP contribution is -2.00. The van der Waals surface area contributed by atoms with Crippen molar-refractivity contribution in [1.82, 2.24) is 24.1 Å². The summed E-state index contributed by atoms with van der Waals surface area (Å²) in [6, 6.07) is 137. The summed E-state index contributed by atoms with van der Waals surface area (Å²) in [7, 11) is 0. The van der Waals surface area contributed by atoms with Crippen molar-refractivity contribution in [2.24, 2.45) is 0 Å². The number of benzene rings is 14. The van der Waals surface area contributed by atoms with Crippen molar-refractivity contribution in [2.45, 2.75) is 0 Å². The number of nitrogens with zero attached hydrogens (tertiary/aromatic N) is 5. The molecule has 0 aliphatic heterocycles. The fourth-order valence-electron chi connectivity index (χ4n) is 15.7.